The van der Waals surface area contributed by atoms with Crippen molar-refractivity contribution < 1.29 is 0 Å². The van der Waals surface area contributed by atoms with E-state index in [0.717, 1.165) is 18.3 Å². The van der Waals surface area contributed by atoms with Gasteiger partial charge in [-0.15, -0.1) is 23.1 Å². The van der Waals surface area contributed by atoms with E-state index in [1.54, 1.807) is 23.5 Å². The average molecular weight is 331 g/mol. The summed E-state index contributed by atoms with van der Waals surface area (Å²) in [5.74, 6) is 0. The van der Waals surface area contributed by atoms with Crippen molar-refractivity contribution in [3.63, 3.8) is 0 Å². The van der Waals surface area contributed by atoms with E-state index in [0.29, 0.717) is 0 Å². The van der Waals surface area contributed by atoms with Gasteiger partial charge in [-0.05, 0) is 47.0 Å². The van der Waals surface area contributed by atoms with Crippen LogP contribution < -0.4 is 0 Å². The molecular weight excluding hydrogens is 316 g/mol. The fourth-order valence-corrected chi connectivity index (χ4v) is 5.19. The Bertz CT molecular complexity index is 801. The Morgan fingerprint density at radius 3 is 3.14 bits per heavy atom. The van der Waals surface area contributed by atoms with Gasteiger partial charge in [0, 0.05) is 26.6 Å². The first-order valence-electron chi connectivity index (χ1n) is 6.74. The van der Waals surface area contributed by atoms with E-state index in [9.17, 15) is 0 Å². The van der Waals surface area contributed by atoms with E-state index < -0.39 is 0 Å². The number of allylic oxidation sites excluding steroid dienone is 1. The van der Waals surface area contributed by atoms with Crippen LogP contribution >= 0.6 is 34.9 Å². The van der Waals surface area contributed by atoms with Gasteiger partial charge in [-0.3, -0.25) is 4.99 Å². The third kappa shape index (κ3) is 2.06. The van der Waals surface area contributed by atoms with Crippen molar-refractivity contribution >= 4 is 55.8 Å². The van der Waals surface area contributed by atoms with Crippen LogP contribution in [-0.2, 0) is 0 Å². The van der Waals surface area contributed by atoms with E-state index >= 15 is 0 Å². The van der Waals surface area contributed by atoms with Gasteiger partial charge >= 0.3 is 0 Å². The zero-order chi connectivity index (χ0) is 14.4. The maximum atomic E-state index is 4.60. The summed E-state index contributed by atoms with van der Waals surface area (Å²) >= 11 is 5.35. The number of thiophene rings is 1. The lowest BCUT2D eigenvalue weighted by atomic mass is 10.1. The molecule has 0 radical (unpaired) electrons. The van der Waals surface area contributed by atoms with E-state index in [1.165, 1.54) is 31.1 Å². The molecule has 2 aliphatic rings. The molecule has 4 rings (SSSR count). The number of hydrogen-bond acceptors (Lipinski definition) is 5. The zero-order valence-electron chi connectivity index (χ0n) is 11.6. The van der Waals surface area contributed by atoms with Crippen molar-refractivity contribution in [1.29, 1.82) is 0 Å². The van der Waals surface area contributed by atoms with Crippen LogP contribution in [0.5, 0.6) is 0 Å². The normalized spacial score (nSPS) is 17.6. The second kappa shape index (κ2) is 5.23. The van der Waals surface area contributed by atoms with Crippen LogP contribution in [0.15, 0.2) is 51.0 Å². The highest BCUT2D eigenvalue weighted by Crippen LogP contribution is 2.45. The van der Waals surface area contributed by atoms with Gasteiger partial charge in [0.25, 0.3) is 0 Å². The Morgan fingerprint density at radius 1 is 1.43 bits per heavy atom. The van der Waals surface area contributed by atoms with E-state index in [2.05, 4.69) is 46.3 Å². The molecular formula is C16H14N2S3. The molecule has 2 aromatic rings. The van der Waals surface area contributed by atoms with Crippen molar-refractivity contribution in [2.24, 2.45) is 4.99 Å². The summed E-state index contributed by atoms with van der Waals surface area (Å²) in [5.41, 5.74) is 2.61. The molecule has 0 saturated heterocycles. The summed E-state index contributed by atoms with van der Waals surface area (Å²) < 4.78 is 1.36. The Kier molecular flexibility index (Phi) is 3.36. The summed E-state index contributed by atoms with van der Waals surface area (Å²) in [4.78, 5) is 9.47. The molecule has 3 heterocycles. The lowest BCUT2D eigenvalue weighted by Crippen LogP contribution is -2.20. The van der Waals surface area contributed by atoms with Gasteiger partial charge in [-0.2, -0.15) is 0 Å². The van der Waals surface area contributed by atoms with Gasteiger partial charge in [0.2, 0.25) is 0 Å². The quantitative estimate of drug-likeness (QED) is 0.745. The van der Waals surface area contributed by atoms with Gasteiger partial charge in [-0.25, -0.2) is 0 Å². The fourth-order valence-electron chi connectivity index (χ4n) is 2.77. The molecule has 5 heteroatoms. The summed E-state index contributed by atoms with van der Waals surface area (Å²) in [5, 5.41) is 4.62. The van der Waals surface area contributed by atoms with Crippen molar-refractivity contribution in [1.82, 2.24) is 4.90 Å². The first-order chi connectivity index (χ1) is 10.3. The van der Waals surface area contributed by atoms with Crippen LogP contribution in [0.1, 0.15) is 5.56 Å². The minimum atomic E-state index is 0.895. The molecule has 1 aromatic carbocycles. The van der Waals surface area contributed by atoms with Gasteiger partial charge in [0.1, 0.15) is 0 Å². The summed E-state index contributed by atoms with van der Waals surface area (Å²) in [7, 11) is 0. The van der Waals surface area contributed by atoms with Crippen molar-refractivity contribution in [2.45, 2.75) is 4.90 Å². The summed E-state index contributed by atoms with van der Waals surface area (Å²) in [6, 6.07) is 6.79. The molecule has 0 amide bonds. The van der Waals surface area contributed by atoms with Crippen LogP contribution in [0.3, 0.4) is 0 Å². The highest BCUT2D eigenvalue weighted by atomic mass is 32.2. The number of fused-ring (bicyclic) bond motifs is 2. The predicted octanol–water partition coefficient (Wildman–Crippen LogP) is 4.90. The second-order valence-electron chi connectivity index (χ2n) is 4.85. The molecule has 0 saturated carbocycles. The molecule has 0 bridgehead atoms. The van der Waals surface area contributed by atoms with Crippen LogP contribution in [-0.4, -0.2) is 29.4 Å². The highest BCUT2D eigenvalue weighted by molar-refractivity contribution is 8.17. The lowest BCUT2D eigenvalue weighted by Gasteiger charge is -2.18. The SMILES string of the molecule is C=CC1=C(c2cc(SC)cc3ccsc23)N2CCN=C2S1. The molecule has 0 atom stereocenters. The molecule has 0 aliphatic carbocycles. The minimum Gasteiger partial charge on any atom is -0.317 e. The zero-order valence-corrected chi connectivity index (χ0v) is 14.1. The molecule has 106 valence electrons. The molecule has 1 aromatic heterocycles. The second-order valence-corrected chi connectivity index (χ2v) is 7.65. The first kappa shape index (κ1) is 13.5. The van der Waals surface area contributed by atoms with E-state index in [1.807, 2.05) is 17.4 Å². The number of aliphatic imine (C=N–C) groups is 1. The summed E-state index contributed by atoms with van der Waals surface area (Å²) in [6.07, 6.45) is 4.10. The number of hydrogen-bond donors (Lipinski definition) is 0. The largest absolute Gasteiger partial charge is 0.317 e. The maximum absolute atomic E-state index is 4.60. The third-order valence-corrected chi connectivity index (χ3v) is 6.49. The molecule has 0 spiro atoms. The van der Waals surface area contributed by atoms with Gasteiger partial charge in [-0.1, -0.05) is 12.7 Å². The third-order valence-electron chi connectivity index (χ3n) is 3.71. The first-order valence-corrected chi connectivity index (χ1v) is 9.66. The summed E-state index contributed by atoms with van der Waals surface area (Å²) in [6.45, 7) is 5.87. The standard InChI is InChI=1S/C16H14N2S3/c1-3-13-14(18-6-5-17-16(18)21-13)12-9-11(19-2)8-10-4-7-20-15(10)12/h3-4,7-9H,1,5-6H2,2H3. The number of thioether (sulfide) groups is 2. The van der Waals surface area contributed by atoms with Gasteiger partial charge in [0.05, 0.1) is 12.2 Å². The number of rotatable bonds is 3. The smallest absolute Gasteiger partial charge is 0.168 e. The molecule has 0 fully saturated rings. The van der Waals surface area contributed by atoms with Gasteiger partial charge < -0.3 is 4.90 Å². The van der Waals surface area contributed by atoms with E-state index in [-0.39, 0.29) is 0 Å². The molecule has 2 nitrogen and oxygen atoms in total. The average Bonchev–Trinajstić information content (AvgIpc) is 3.20. The fraction of sp³-hybridized carbons (Fsp3) is 0.188. The molecule has 21 heavy (non-hydrogen) atoms. The topological polar surface area (TPSA) is 15.6 Å². The van der Waals surface area contributed by atoms with Crippen molar-refractivity contribution in [3.05, 3.63) is 46.7 Å². The van der Waals surface area contributed by atoms with Gasteiger partial charge in [0.15, 0.2) is 5.17 Å². The lowest BCUT2D eigenvalue weighted by molar-refractivity contribution is 0.649. The van der Waals surface area contributed by atoms with Crippen LogP contribution in [0.4, 0.5) is 0 Å². The number of benzene rings is 1. The Balaban J connectivity index is 1.98. The van der Waals surface area contributed by atoms with Crippen LogP contribution in [0.25, 0.3) is 15.8 Å². The molecule has 2 aliphatic heterocycles. The monoisotopic (exact) mass is 330 g/mol. The Hall–Kier alpha value is -1.17. The number of nitrogens with zero attached hydrogens (tertiary/aromatic N) is 2. The molecule has 0 N–H and O–H groups in total. The Labute approximate surface area is 136 Å². The Morgan fingerprint density at radius 2 is 2.33 bits per heavy atom. The van der Waals surface area contributed by atoms with Crippen molar-refractivity contribution in [2.75, 3.05) is 19.3 Å². The van der Waals surface area contributed by atoms with E-state index in [4.69, 9.17) is 0 Å². The molecule has 0 unspecified atom stereocenters. The number of amidine groups is 1. The maximum Gasteiger partial charge on any atom is 0.168 e. The van der Waals surface area contributed by atoms with Crippen molar-refractivity contribution in [3.8, 4) is 0 Å². The minimum absolute atomic E-state index is 0.895. The highest BCUT2D eigenvalue weighted by Gasteiger charge is 2.32. The van der Waals surface area contributed by atoms with Crippen LogP contribution in [0.2, 0.25) is 0 Å². The predicted molar refractivity (Wildman–Crippen MR) is 97.3 cm³/mol. The van der Waals surface area contributed by atoms with Crippen LogP contribution in [0, 0.1) is 0 Å².